The second-order valence-corrected chi connectivity index (χ2v) is 6.65. The van der Waals surface area contributed by atoms with Crippen molar-refractivity contribution < 1.29 is 4.92 Å². The first kappa shape index (κ1) is 21.5. The highest BCUT2D eigenvalue weighted by molar-refractivity contribution is 6.32. The lowest BCUT2D eigenvalue weighted by molar-refractivity contribution is -0.384. The van der Waals surface area contributed by atoms with E-state index >= 15 is 0 Å². The molecule has 2 fully saturated rings. The number of hydrogen-bond acceptors (Lipinski definition) is 4. The molecular formula is C16H24Cl3N3O2. The van der Waals surface area contributed by atoms with Crippen molar-refractivity contribution in [3.05, 3.63) is 38.9 Å². The van der Waals surface area contributed by atoms with Crippen LogP contribution in [-0.2, 0) is 0 Å². The van der Waals surface area contributed by atoms with Gasteiger partial charge in [-0.1, -0.05) is 30.5 Å². The Balaban J connectivity index is 0.00000144. The highest BCUT2D eigenvalue weighted by Gasteiger charge is 2.32. The van der Waals surface area contributed by atoms with Gasteiger partial charge < -0.3 is 5.32 Å². The summed E-state index contributed by atoms with van der Waals surface area (Å²) in [6.45, 7) is 3.97. The zero-order valence-electron chi connectivity index (χ0n) is 13.4. The van der Waals surface area contributed by atoms with Crippen LogP contribution in [0, 0.1) is 16.0 Å². The summed E-state index contributed by atoms with van der Waals surface area (Å²) in [6.07, 6.45) is 4.96. The molecule has 136 valence electrons. The van der Waals surface area contributed by atoms with Crippen LogP contribution >= 0.6 is 36.4 Å². The summed E-state index contributed by atoms with van der Waals surface area (Å²) < 4.78 is 0. The Bertz CT molecular complexity index is 547. The molecule has 1 saturated heterocycles. The van der Waals surface area contributed by atoms with Crippen LogP contribution in [0.2, 0.25) is 5.02 Å². The molecule has 0 radical (unpaired) electrons. The van der Waals surface area contributed by atoms with Crippen molar-refractivity contribution in [2.75, 3.05) is 26.2 Å². The number of nitro benzene ring substituents is 1. The van der Waals surface area contributed by atoms with Gasteiger partial charge in [-0.2, -0.15) is 0 Å². The Kier molecular flexibility index (Phi) is 8.74. The first-order valence-electron chi connectivity index (χ1n) is 8.05. The van der Waals surface area contributed by atoms with E-state index in [1.165, 1.54) is 25.7 Å². The Morgan fingerprint density at radius 2 is 1.83 bits per heavy atom. The average Bonchev–Trinajstić information content (AvgIpc) is 3.04. The number of benzene rings is 1. The molecule has 1 aliphatic carbocycles. The third-order valence-electron chi connectivity index (χ3n) is 4.90. The first-order chi connectivity index (χ1) is 10.7. The van der Waals surface area contributed by atoms with Gasteiger partial charge in [-0.05, 0) is 30.4 Å². The number of piperazine rings is 1. The number of nitro groups is 1. The monoisotopic (exact) mass is 395 g/mol. The van der Waals surface area contributed by atoms with Gasteiger partial charge >= 0.3 is 0 Å². The van der Waals surface area contributed by atoms with Crippen LogP contribution in [-0.4, -0.2) is 36.0 Å². The maximum atomic E-state index is 11.2. The van der Waals surface area contributed by atoms with Crippen molar-refractivity contribution in [3.63, 3.8) is 0 Å². The molecule has 0 unspecified atom stereocenters. The summed E-state index contributed by atoms with van der Waals surface area (Å²) in [7, 11) is 0. The van der Waals surface area contributed by atoms with Crippen molar-refractivity contribution in [2.45, 2.75) is 31.7 Å². The van der Waals surface area contributed by atoms with E-state index in [4.69, 9.17) is 11.6 Å². The number of halogens is 3. The molecule has 0 spiro atoms. The van der Waals surface area contributed by atoms with E-state index in [2.05, 4.69) is 10.2 Å². The third kappa shape index (κ3) is 4.73. The number of hydrogen-bond donors (Lipinski definition) is 1. The second kappa shape index (κ2) is 9.78. The minimum absolute atomic E-state index is 0. The summed E-state index contributed by atoms with van der Waals surface area (Å²) in [5.41, 5.74) is 1.07. The fourth-order valence-electron chi connectivity index (χ4n) is 3.87. The zero-order valence-corrected chi connectivity index (χ0v) is 15.8. The predicted molar refractivity (Wildman–Crippen MR) is 102 cm³/mol. The van der Waals surface area contributed by atoms with Crippen LogP contribution in [0.4, 0.5) is 5.69 Å². The van der Waals surface area contributed by atoms with Gasteiger partial charge in [-0.15, -0.1) is 24.8 Å². The molecule has 3 rings (SSSR count). The highest BCUT2D eigenvalue weighted by atomic mass is 35.5. The molecule has 1 aromatic rings. The zero-order chi connectivity index (χ0) is 15.5. The summed E-state index contributed by atoms with van der Waals surface area (Å²) in [5.74, 6) is 0.596. The maximum Gasteiger partial charge on any atom is 0.288 e. The van der Waals surface area contributed by atoms with Crippen molar-refractivity contribution >= 4 is 42.1 Å². The molecule has 1 saturated carbocycles. The van der Waals surface area contributed by atoms with Crippen LogP contribution < -0.4 is 5.32 Å². The van der Waals surface area contributed by atoms with Crippen LogP contribution in [0.5, 0.6) is 0 Å². The first-order valence-corrected chi connectivity index (χ1v) is 8.43. The van der Waals surface area contributed by atoms with Crippen molar-refractivity contribution in [3.8, 4) is 0 Å². The molecule has 0 amide bonds. The Labute approximate surface area is 160 Å². The number of rotatable bonds is 4. The van der Waals surface area contributed by atoms with Gasteiger partial charge in [-0.25, -0.2) is 0 Å². The van der Waals surface area contributed by atoms with E-state index < -0.39 is 0 Å². The van der Waals surface area contributed by atoms with E-state index in [0.717, 1.165) is 31.7 Å². The van der Waals surface area contributed by atoms with Crippen molar-refractivity contribution in [2.24, 2.45) is 5.92 Å². The highest BCUT2D eigenvalue weighted by Crippen LogP contribution is 2.41. The summed E-state index contributed by atoms with van der Waals surface area (Å²) in [6, 6.07) is 5.62. The molecule has 1 N–H and O–H groups in total. The predicted octanol–water partition coefficient (Wildman–Crippen LogP) is 4.23. The average molecular weight is 397 g/mol. The Morgan fingerprint density at radius 1 is 1.21 bits per heavy atom. The summed E-state index contributed by atoms with van der Waals surface area (Å²) in [4.78, 5) is 13.3. The molecular weight excluding hydrogens is 373 g/mol. The molecule has 1 atom stereocenters. The summed E-state index contributed by atoms with van der Waals surface area (Å²) in [5, 5.41) is 14.8. The van der Waals surface area contributed by atoms with Gasteiger partial charge in [0.05, 0.1) is 4.92 Å². The molecule has 1 aliphatic heterocycles. The molecule has 2 aliphatic rings. The van der Waals surface area contributed by atoms with Crippen LogP contribution in [0.1, 0.15) is 37.3 Å². The lowest BCUT2D eigenvalue weighted by Gasteiger charge is -2.38. The fourth-order valence-corrected chi connectivity index (χ4v) is 4.05. The van der Waals surface area contributed by atoms with Crippen LogP contribution in [0.25, 0.3) is 0 Å². The number of nitrogens with one attached hydrogen (secondary N) is 1. The fraction of sp³-hybridized carbons (Fsp3) is 0.625. The van der Waals surface area contributed by atoms with E-state index in [1.807, 2.05) is 6.07 Å². The molecule has 0 aromatic heterocycles. The summed E-state index contributed by atoms with van der Waals surface area (Å²) >= 11 is 5.98. The van der Waals surface area contributed by atoms with Gasteiger partial charge in [0.1, 0.15) is 5.02 Å². The lowest BCUT2D eigenvalue weighted by Crippen LogP contribution is -2.46. The number of nitrogens with zero attached hydrogens (tertiary/aromatic N) is 2. The van der Waals surface area contributed by atoms with E-state index in [-0.39, 0.29) is 46.5 Å². The van der Waals surface area contributed by atoms with E-state index in [1.54, 1.807) is 12.1 Å². The smallest absolute Gasteiger partial charge is 0.288 e. The topological polar surface area (TPSA) is 58.4 Å². The van der Waals surface area contributed by atoms with Gasteiger partial charge in [-0.3, -0.25) is 15.0 Å². The normalized spacial score (nSPS) is 20.0. The van der Waals surface area contributed by atoms with E-state index in [9.17, 15) is 10.1 Å². The lowest BCUT2D eigenvalue weighted by atomic mass is 9.89. The van der Waals surface area contributed by atoms with Crippen molar-refractivity contribution in [1.82, 2.24) is 10.2 Å². The molecule has 1 aromatic carbocycles. The van der Waals surface area contributed by atoms with Crippen LogP contribution in [0.15, 0.2) is 18.2 Å². The van der Waals surface area contributed by atoms with Crippen molar-refractivity contribution in [1.29, 1.82) is 0 Å². The van der Waals surface area contributed by atoms with Gasteiger partial charge in [0.25, 0.3) is 5.69 Å². The van der Waals surface area contributed by atoms with Crippen LogP contribution in [0.3, 0.4) is 0 Å². The maximum absolute atomic E-state index is 11.2. The SMILES string of the molecule is Cl.Cl.O=[N+]([O-])c1cc([C@@H](C2CCCC2)N2CCNCC2)ccc1Cl. The second-order valence-electron chi connectivity index (χ2n) is 6.24. The molecule has 8 heteroatoms. The third-order valence-corrected chi connectivity index (χ3v) is 5.22. The minimum atomic E-state index is -0.380. The minimum Gasteiger partial charge on any atom is -0.314 e. The molecule has 24 heavy (non-hydrogen) atoms. The largest absolute Gasteiger partial charge is 0.314 e. The molecule has 1 heterocycles. The Morgan fingerprint density at radius 3 is 2.42 bits per heavy atom. The molecule has 5 nitrogen and oxygen atoms in total. The van der Waals surface area contributed by atoms with Gasteiger partial charge in [0.2, 0.25) is 0 Å². The van der Waals surface area contributed by atoms with E-state index in [0.29, 0.717) is 5.92 Å². The van der Waals surface area contributed by atoms with Gasteiger partial charge in [0.15, 0.2) is 0 Å². The standard InChI is InChI=1S/C16H22ClN3O2.2ClH/c17-14-6-5-13(11-15(14)20(21)22)16(12-3-1-2-4-12)19-9-7-18-8-10-19;;/h5-6,11-12,16,18H,1-4,7-10H2;2*1H/t16-;;/m1../s1. The van der Waals surface area contributed by atoms with Gasteiger partial charge in [0, 0.05) is 38.3 Å². The molecule has 0 bridgehead atoms. The Hall–Kier alpha value is -0.590. The quantitative estimate of drug-likeness (QED) is 0.611.